The average Bonchev–Trinajstić information content (AvgIpc) is 3.01. The zero-order valence-electron chi connectivity index (χ0n) is 16.1. The van der Waals surface area contributed by atoms with Crippen molar-refractivity contribution in [1.29, 1.82) is 0 Å². The van der Waals surface area contributed by atoms with Crippen LogP contribution in [0.3, 0.4) is 0 Å². The van der Waals surface area contributed by atoms with Crippen molar-refractivity contribution in [3.05, 3.63) is 52.2 Å². The van der Waals surface area contributed by atoms with Gasteiger partial charge in [-0.05, 0) is 68.0 Å². The van der Waals surface area contributed by atoms with Gasteiger partial charge in [-0.1, -0.05) is 13.8 Å². The molecule has 1 saturated carbocycles. The van der Waals surface area contributed by atoms with Crippen LogP contribution in [-0.2, 0) is 11.2 Å². The van der Waals surface area contributed by atoms with Gasteiger partial charge in [0.2, 0.25) is 0 Å². The van der Waals surface area contributed by atoms with Crippen LogP contribution in [0.1, 0.15) is 60.9 Å². The lowest BCUT2D eigenvalue weighted by Crippen LogP contribution is -2.19. The molecule has 6 heteroatoms. The molecular weight excluding hydrogens is 340 g/mol. The van der Waals surface area contributed by atoms with E-state index in [1.807, 2.05) is 12.1 Å². The predicted octanol–water partition coefficient (Wildman–Crippen LogP) is 3.25. The minimum atomic E-state index is -0.208. The summed E-state index contributed by atoms with van der Waals surface area (Å²) in [6.07, 6.45) is 7.07. The van der Waals surface area contributed by atoms with Gasteiger partial charge in [0.05, 0.1) is 11.8 Å². The second-order valence-corrected chi connectivity index (χ2v) is 7.63. The molecule has 0 unspecified atom stereocenters. The molecule has 0 saturated heterocycles. The van der Waals surface area contributed by atoms with Crippen molar-refractivity contribution in [2.45, 2.75) is 52.0 Å². The number of H-pyrrole nitrogens is 1. The molecule has 0 bridgehead atoms. The van der Waals surface area contributed by atoms with Gasteiger partial charge >= 0.3 is 0 Å². The number of rotatable bonds is 7. The fourth-order valence-electron chi connectivity index (χ4n) is 3.71. The van der Waals surface area contributed by atoms with E-state index in [4.69, 9.17) is 4.42 Å². The standard InChI is InChI=1S/C21H26N4O2/c1-12(2)19-15(8-9-22-14-6-7-14)13(3)23-17(19)11-16-20(24-25-21(16)26)18-5-4-10-27-18/h4-5,10-12,14,22-23H,6-9H2,1-3H3,(H,25,26)/b16-11+. The van der Waals surface area contributed by atoms with E-state index >= 15 is 0 Å². The van der Waals surface area contributed by atoms with Crippen LogP contribution in [0, 0.1) is 6.92 Å². The normalized spacial score (nSPS) is 18.4. The van der Waals surface area contributed by atoms with Gasteiger partial charge in [0.25, 0.3) is 5.91 Å². The van der Waals surface area contributed by atoms with Gasteiger partial charge in [0.1, 0.15) is 5.71 Å². The molecule has 27 heavy (non-hydrogen) atoms. The Hall–Kier alpha value is -2.60. The summed E-state index contributed by atoms with van der Waals surface area (Å²) in [5.41, 5.74) is 8.39. The van der Waals surface area contributed by atoms with Gasteiger partial charge in [-0.25, -0.2) is 5.43 Å². The third-order valence-corrected chi connectivity index (χ3v) is 5.17. The maximum atomic E-state index is 12.4. The van der Waals surface area contributed by atoms with Crippen molar-refractivity contribution in [2.24, 2.45) is 5.10 Å². The van der Waals surface area contributed by atoms with Crippen LogP contribution in [0.25, 0.3) is 6.08 Å². The Bertz CT molecular complexity index is 899. The van der Waals surface area contributed by atoms with E-state index in [1.54, 1.807) is 12.3 Å². The lowest BCUT2D eigenvalue weighted by molar-refractivity contribution is -0.116. The highest BCUT2D eigenvalue weighted by molar-refractivity contribution is 6.32. The molecule has 6 nitrogen and oxygen atoms in total. The summed E-state index contributed by atoms with van der Waals surface area (Å²) in [6, 6.07) is 4.31. The van der Waals surface area contributed by atoms with Crippen LogP contribution in [0.15, 0.2) is 33.5 Å². The summed E-state index contributed by atoms with van der Waals surface area (Å²) < 4.78 is 5.44. The van der Waals surface area contributed by atoms with E-state index in [-0.39, 0.29) is 5.91 Å². The summed E-state index contributed by atoms with van der Waals surface area (Å²) in [4.78, 5) is 15.8. The fourth-order valence-corrected chi connectivity index (χ4v) is 3.71. The van der Waals surface area contributed by atoms with Gasteiger partial charge in [-0.15, -0.1) is 0 Å². The van der Waals surface area contributed by atoms with Gasteiger partial charge in [-0.3, -0.25) is 4.79 Å². The van der Waals surface area contributed by atoms with Crippen molar-refractivity contribution < 1.29 is 9.21 Å². The van der Waals surface area contributed by atoms with Crippen LogP contribution in [0.4, 0.5) is 0 Å². The number of nitrogens with one attached hydrogen (secondary N) is 3. The molecule has 0 spiro atoms. The third-order valence-electron chi connectivity index (χ3n) is 5.17. The Balaban J connectivity index is 1.66. The second kappa shape index (κ2) is 7.19. The number of carbonyl (C=O) groups is 1. The van der Waals surface area contributed by atoms with Gasteiger partial charge in [-0.2, -0.15) is 5.10 Å². The molecule has 1 amide bonds. The summed E-state index contributed by atoms with van der Waals surface area (Å²) in [5.74, 6) is 0.731. The smallest absolute Gasteiger partial charge is 0.273 e. The third kappa shape index (κ3) is 3.62. The molecule has 3 heterocycles. The predicted molar refractivity (Wildman–Crippen MR) is 106 cm³/mol. The first-order valence-corrected chi connectivity index (χ1v) is 9.63. The Morgan fingerprint density at radius 2 is 2.22 bits per heavy atom. The summed E-state index contributed by atoms with van der Waals surface area (Å²) in [6.45, 7) is 7.48. The lowest BCUT2D eigenvalue weighted by Gasteiger charge is -2.11. The minimum Gasteiger partial charge on any atom is -0.463 e. The molecular formula is C21H26N4O2. The maximum Gasteiger partial charge on any atom is 0.273 e. The van der Waals surface area contributed by atoms with E-state index < -0.39 is 0 Å². The molecule has 1 aliphatic carbocycles. The lowest BCUT2D eigenvalue weighted by atomic mass is 9.94. The van der Waals surface area contributed by atoms with Gasteiger partial charge < -0.3 is 14.7 Å². The molecule has 0 aromatic carbocycles. The highest BCUT2D eigenvalue weighted by Crippen LogP contribution is 2.30. The number of hydrogen-bond donors (Lipinski definition) is 3. The number of carbonyl (C=O) groups excluding carboxylic acids is 1. The molecule has 4 rings (SSSR count). The average molecular weight is 366 g/mol. The van der Waals surface area contributed by atoms with Crippen molar-refractivity contribution >= 4 is 17.7 Å². The van der Waals surface area contributed by atoms with Crippen molar-refractivity contribution in [3.8, 4) is 0 Å². The Morgan fingerprint density at radius 1 is 1.41 bits per heavy atom. The number of hydrazone groups is 1. The highest BCUT2D eigenvalue weighted by Gasteiger charge is 2.27. The first-order valence-electron chi connectivity index (χ1n) is 9.63. The Morgan fingerprint density at radius 3 is 2.89 bits per heavy atom. The number of aryl methyl sites for hydroxylation is 1. The molecule has 3 N–H and O–H groups in total. The molecule has 1 fully saturated rings. The van der Waals surface area contributed by atoms with Crippen molar-refractivity contribution in [2.75, 3.05) is 6.54 Å². The topological polar surface area (TPSA) is 82.4 Å². The zero-order valence-corrected chi connectivity index (χ0v) is 16.1. The van der Waals surface area contributed by atoms with E-state index in [9.17, 15) is 4.79 Å². The van der Waals surface area contributed by atoms with Crippen LogP contribution in [0.2, 0.25) is 0 Å². The molecule has 2 aliphatic rings. The zero-order chi connectivity index (χ0) is 19.0. The maximum absolute atomic E-state index is 12.4. The van der Waals surface area contributed by atoms with Crippen molar-refractivity contribution in [3.63, 3.8) is 0 Å². The van der Waals surface area contributed by atoms with Gasteiger partial charge in [0, 0.05) is 17.4 Å². The van der Waals surface area contributed by atoms with E-state index in [1.165, 1.54) is 24.0 Å². The monoisotopic (exact) mass is 366 g/mol. The SMILES string of the molecule is Cc1[nH]c(/C=C2/C(=O)NN=C2c2ccco2)c(C(C)C)c1CCNC1CC1. The van der Waals surface area contributed by atoms with Crippen LogP contribution in [-0.4, -0.2) is 29.2 Å². The molecule has 142 valence electrons. The first kappa shape index (κ1) is 17.8. The van der Waals surface area contributed by atoms with E-state index in [0.717, 1.165) is 24.4 Å². The van der Waals surface area contributed by atoms with Crippen LogP contribution >= 0.6 is 0 Å². The molecule has 2 aromatic heterocycles. The molecule has 0 radical (unpaired) electrons. The summed E-state index contributed by atoms with van der Waals surface area (Å²) >= 11 is 0. The number of aromatic nitrogens is 1. The first-order chi connectivity index (χ1) is 13.0. The summed E-state index contributed by atoms with van der Waals surface area (Å²) in [5, 5.41) is 7.74. The minimum absolute atomic E-state index is 0.208. The van der Waals surface area contributed by atoms with E-state index in [2.05, 4.69) is 41.6 Å². The quantitative estimate of drug-likeness (QED) is 0.658. The molecule has 0 atom stereocenters. The van der Waals surface area contributed by atoms with Crippen LogP contribution < -0.4 is 10.7 Å². The highest BCUT2D eigenvalue weighted by atomic mass is 16.3. The van der Waals surface area contributed by atoms with Crippen LogP contribution in [0.5, 0.6) is 0 Å². The largest absolute Gasteiger partial charge is 0.463 e. The number of nitrogens with zero attached hydrogens (tertiary/aromatic N) is 1. The van der Waals surface area contributed by atoms with Crippen molar-refractivity contribution in [1.82, 2.24) is 15.7 Å². The number of aromatic amines is 1. The molecule has 1 aliphatic heterocycles. The number of furan rings is 1. The summed E-state index contributed by atoms with van der Waals surface area (Å²) in [7, 11) is 0. The Labute approximate surface area is 159 Å². The fraction of sp³-hybridized carbons (Fsp3) is 0.429. The number of hydrogen-bond acceptors (Lipinski definition) is 4. The number of amides is 1. The second-order valence-electron chi connectivity index (χ2n) is 7.63. The van der Waals surface area contributed by atoms with Gasteiger partial charge in [0.15, 0.2) is 5.76 Å². The molecule has 2 aromatic rings. The Kier molecular flexibility index (Phi) is 4.74. The van der Waals surface area contributed by atoms with E-state index in [0.29, 0.717) is 29.0 Å².